The molecule has 1 atom stereocenters. The number of aryl methyl sites for hydroxylation is 1. The number of aromatic nitrogens is 1. The molecule has 1 aromatic heterocycles. The van der Waals surface area contributed by atoms with Crippen LogP contribution in [0.3, 0.4) is 0 Å². The van der Waals surface area contributed by atoms with Gasteiger partial charge in [-0.2, -0.15) is 0 Å². The number of carboxylic acid groups (broad SMARTS) is 1. The highest BCUT2D eigenvalue weighted by Crippen LogP contribution is 2.21. The smallest absolute Gasteiger partial charge is 0.306 e. The molecule has 0 aliphatic heterocycles. The fraction of sp³-hybridized carbons (Fsp3) is 0.208. The molecule has 0 saturated heterocycles. The zero-order valence-corrected chi connectivity index (χ0v) is 15.6. The summed E-state index contributed by atoms with van der Waals surface area (Å²) in [5.41, 5.74) is 3.68. The van der Waals surface area contributed by atoms with Crippen LogP contribution >= 0.6 is 0 Å². The molecule has 4 heteroatoms. The molecule has 0 spiro atoms. The van der Waals surface area contributed by atoms with Crippen LogP contribution < -0.4 is 0 Å². The van der Waals surface area contributed by atoms with E-state index >= 15 is 0 Å². The minimum atomic E-state index is -0.909. The van der Waals surface area contributed by atoms with Gasteiger partial charge in [0.05, 0.1) is 5.92 Å². The third-order valence-electron chi connectivity index (χ3n) is 4.84. The van der Waals surface area contributed by atoms with Gasteiger partial charge < -0.3 is 5.11 Å². The van der Waals surface area contributed by atoms with Gasteiger partial charge in [-0.1, -0.05) is 60.7 Å². The van der Waals surface area contributed by atoms with E-state index in [0.717, 1.165) is 24.0 Å². The number of carboxylic acids is 1. The molecule has 1 heterocycles. The third-order valence-corrected chi connectivity index (χ3v) is 4.84. The molecular weight excluding hydrogens is 350 g/mol. The SMILES string of the molecule is O=C(CC(CCCc1ccccc1)C(=O)O)c1ccc(-c2cccnc2)cc1. The molecule has 28 heavy (non-hydrogen) atoms. The molecule has 1 unspecified atom stereocenters. The molecule has 2 aromatic carbocycles. The quantitative estimate of drug-likeness (QED) is 0.533. The first-order chi connectivity index (χ1) is 13.6. The predicted molar refractivity (Wildman–Crippen MR) is 109 cm³/mol. The first kappa shape index (κ1) is 19.5. The van der Waals surface area contributed by atoms with Crippen molar-refractivity contribution in [2.24, 2.45) is 5.92 Å². The van der Waals surface area contributed by atoms with Gasteiger partial charge in [0.1, 0.15) is 0 Å². The maximum Gasteiger partial charge on any atom is 0.306 e. The van der Waals surface area contributed by atoms with Crippen LogP contribution in [0.5, 0.6) is 0 Å². The van der Waals surface area contributed by atoms with E-state index < -0.39 is 11.9 Å². The van der Waals surface area contributed by atoms with Gasteiger partial charge in [0.25, 0.3) is 0 Å². The lowest BCUT2D eigenvalue weighted by Crippen LogP contribution is -2.18. The van der Waals surface area contributed by atoms with Gasteiger partial charge in [-0.25, -0.2) is 0 Å². The second-order valence-corrected chi connectivity index (χ2v) is 6.86. The van der Waals surface area contributed by atoms with Gasteiger partial charge in [0.2, 0.25) is 0 Å². The summed E-state index contributed by atoms with van der Waals surface area (Å²) in [6.07, 6.45) is 5.56. The van der Waals surface area contributed by atoms with Crippen molar-refractivity contribution in [3.05, 3.63) is 90.3 Å². The van der Waals surface area contributed by atoms with E-state index in [0.29, 0.717) is 12.0 Å². The molecule has 3 aromatic rings. The van der Waals surface area contributed by atoms with Crippen LogP contribution in [0.2, 0.25) is 0 Å². The van der Waals surface area contributed by atoms with Crippen LogP contribution in [-0.2, 0) is 11.2 Å². The van der Waals surface area contributed by atoms with Gasteiger partial charge in [-0.05, 0) is 42.0 Å². The maximum atomic E-state index is 12.6. The van der Waals surface area contributed by atoms with Crippen LogP contribution in [0.4, 0.5) is 0 Å². The fourth-order valence-electron chi connectivity index (χ4n) is 3.23. The monoisotopic (exact) mass is 373 g/mol. The summed E-state index contributed by atoms with van der Waals surface area (Å²) < 4.78 is 0. The summed E-state index contributed by atoms with van der Waals surface area (Å²) in [4.78, 5) is 28.2. The number of hydrogen-bond donors (Lipinski definition) is 1. The maximum absolute atomic E-state index is 12.6. The van der Waals surface area contributed by atoms with E-state index in [-0.39, 0.29) is 12.2 Å². The van der Waals surface area contributed by atoms with Crippen LogP contribution in [0.15, 0.2) is 79.1 Å². The van der Waals surface area contributed by atoms with Crippen LogP contribution in [0.1, 0.15) is 35.2 Å². The van der Waals surface area contributed by atoms with E-state index in [1.807, 2.05) is 54.6 Å². The van der Waals surface area contributed by atoms with Crippen molar-refractivity contribution in [3.63, 3.8) is 0 Å². The molecule has 0 saturated carbocycles. The second kappa shape index (κ2) is 9.60. The van der Waals surface area contributed by atoms with Gasteiger partial charge in [-0.15, -0.1) is 0 Å². The summed E-state index contributed by atoms with van der Waals surface area (Å²) in [5.74, 6) is -1.70. The van der Waals surface area contributed by atoms with E-state index in [1.54, 1.807) is 24.5 Å². The summed E-state index contributed by atoms with van der Waals surface area (Å²) in [7, 11) is 0. The topological polar surface area (TPSA) is 67.3 Å². The number of carbonyl (C=O) groups is 2. The Labute approximate surface area is 164 Å². The predicted octanol–water partition coefficient (Wildman–Crippen LogP) is 5.05. The first-order valence-electron chi connectivity index (χ1n) is 9.44. The van der Waals surface area contributed by atoms with Gasteiger partial charge in [0, 0.05) is 24.4 Å². The molecular formula is C24H23NO3. The highest BCUT2D eigenvalue weighted by molar-refractivity contribution is 5.98. The van der Waals surface area contributed by atoms with Crippen molar-refractivity contribution >= 4 is 11.8 Å². The van der Waals surface area contributed by atoms with E-state index in [9.17, 15) is 14.7 Å². The van der Waals surface area contributed by atoms with Crippen molar-refractivity contribution in [3.8, 4) is 11.1 Å². The van der Waals surface area contributed by atoms with E-state index in [1.165, 1.54) is 5.56 Å². The van der Waals surface area contributed by atoms with Crippen molar-refractivity contribution < 1.29 is 14.7 Å². The zero-order chi connectivity index (χ0) is 19.8. The Morgan fingerprint density at radius 3 is 2.29 bits per heavy atom. The molecule has 0 radical (unpaired) electrons. The first-order valence-corrected chi connectivity index (χ1v) is 9.44. The fourth-order valence-corrected chi connectivity index (χ4v) is 3.23. The highest BCUT2D eigenvalue weighted by atomic mass is 16.4. The lowest BCUT2D eigenvalue weighted by molar-refractivity contribution is -0.141. The normalized spacial score (nSPS) is 11.7. The second-order valence-electron chi connectivity index (χ2n) is 6.86. The van der Waals surface area contributed by atoms with Gasteiger partial charge in [0.15, 0.2) is 5.78 Å². The molecule has 3 rings (SSSR count). The minimum absolute atomic E-state index is 0.0242. The molecule has 142 valence electrons. The largest absolute Gasteiger partial charge is 0.481 e. The van der Waals surface area contributed by atoms with Crippen molar-refractivity contribution in [2.75, 3.05) is 0 Å². The number of hydrogen-bond acceptors (Lipinski definition) is 3. The zero-order valence-electron chi connectivity index (χ0n) is 15.6. The van der Waals surface area contributed by atoms with Gasteiger partial charge in [-0.3, -0.25) is 14.6 Å². The molecule has 0 aliphatic rings. The molecule has 1 N–H and O–H groups in total. The average Bonchev–Trinajstić information content (AvgIpc) is 2.74. The number of ketones is 1. The summed E-state index contributed by atoms with van der Waals surface area (Å²) in [6, 6.07) is 21.0. The summed E-state index contributed by atoms with van der Waals surface area (Å²) in [5, 5.41) is 9.50. The Kier molecular flexibility index (Phi) is 6.68. The lowest BCUT2D eigenvalue weighted by Gasteiger charge is -2.12. The number of rotatable bonds is 9. The van der Waals surface area contributed by atoms with Crippen molar-refractivity contribution in [2.45, 2.75) is 25.7 Å². The standard InChI is InChI=1S/C24H23NO3/c26-23(20-13-11-19(12-14-20)22-10-5-15-25-17-22)16-21(24(27)28)9-4-8-18-6-2-1-3-7-18/h1-3,5-7,10-15,17,21H,4,8-9,16H2,(H,27,28). The molecule has 0 bridgehead atoms. The Morgan fingerprint density at radius 1 is 0.893 bits per heavy atom. The number of nitrogens with zero attached hydrogens (tertiary/aromatic N) is 1. The van der Waals surface area contributed by atoms with Crippen LogP contribution in [-0.4, -0.2) is 21.8 Å². The summed E-state index contributed by atoms with van der Waals surface area (Å²) >= 11 is 0. The number of Topliss-reactive ketones (excluding diaryl/α,β-unsaturated/α-hetero) is 1. The molecule has 0 amide bonds. The van der Waals surface area contributed by atoms with E-state index in [4.69, 9.17) is 0 Å². The third kappa shape index (κ3) is 5.36. The van der Waals surface area contributed by atoms with Crippen molar-refractivity contribution in [1.29, 1.82) is 0 Å². The Balaban J connectivity index is 1.58. The number of pyridine rings is 1. The molecule has 0 fully saturated rings. The highest BCUT2D eigenvalue weighted by Gasteiger charge is 2.21. The lowest BCUT2D eigenvalue weighted by atomic mass is 9.92. The Hall–Kier alpha value is -3.27. The summed E-state index contributed by atoms with van der Waals surface area (Å²) in [6.45, 7) is 0. The number of carbonyl (C=O) groups excluding carboxylic acids is 1. The Morgan fingerprint density at radius 2 is 1.64 bits per heavy atom. The minimum Gasteiger partial charge on any atom is -0.481 e. The molecule has 4 nitrogen and oxygen atoms in total. The number of aliphatic carboxylic acids is 1. The molecule has 0 aliphatic carbocycles. The number of benzene rings is 2. The average molecular weight is 373 g/mol. The van der Waals surface area contributed by atoms with Gasteiger partial charge >= 0.3 is 5.97 Å². The van der Waals surface area contributed by atoms with Crippen LogP contribution in [0.25, 0.3) is 11.1 Å². The van der Waals surface area contributed by atoms with E-state index in [2.05, 4.69) is 4.98 Å². The van der Waals surface area contributed by atoms with Crippen LogP contribution in [0, 0.1) is 5.92 Å². The van der Waals surface area contributed by atoms with Crippen molar-refractivity contribution in [1.82, 2.24) is 4.98 Å². The Bertz CT molecular complexity index is 906.